The monoisotopic (exact) mass is 408 g/mol. The van der Waals surface area contributed by atoms with Crippen molar-refractivity contribution in [1.29, 1.82) is 0 Å². The molecule has 0 radical (unpaired) electrons. The average Bonchev–Trinajstić information content (AvgIpc) is 2.70. The molecular weight excluding hydrogens is 376 g/mol. The van der Waals surface area contributed by atoms with Gasteiger partial charge in [0.15, 0.2) is 0 Å². The first-order valence-electron chi connectivity index (χ1n) is 10.7. The van der Waals surface area contributed by atoms with Gasteiger partial charge in [-0.15, -0.1) is 11.8 Å². The number of hydrogen-bond donors (Lipinski definition) is 1. The normalized spacial score (nSPS) is 16.5. The number of aromatic carboxylic acids is 1. The fraction of sp³-hybridized carbons (Fsp3) is 0.423. The highest BCUT2D eigenvalue weighted by molar-refractivity contribution is 7.99. The minimum absolute atomic E-state index is 0.262. The topological polar surface area (TPSA) is 37.3 Å². The molecule has 1 atom stereocenters. The van der Waals surface area contributed by atoms with Crippen molar-refractivity contribution in [3.05, 3.63) is 70.8 Å². The lowest BCUT2D eigenvalue weighted by atomic mass is 9.80. The second-order valence-corrected chi connectivity index (χ2v) is 9.76. The molecule has 1 unspecified atom stereocenters. The van der Waals surface area contributed by atoms with Gasteiger partial charge in [0.2, 0.25) is 0 Å². The number of carbonyl (C=O) groups is 1. The quantitative estimate of drug-likeness (QED) is 0.458. The smallest absolute Gasteiger partial charge is 0.335 e. The van der Waals surface area contributed by atoms with Crippen molar-refractivity contribution in [3.8, 4) is 0 Å². The maximum Gasteiger partial charge on any atom is 0.335 e. The van der Waals surface area contributed by atoms with Gasteiger partial charge in [-0.2, -0.15) is 0 Å². The van der Waals surface area contributed by atoms with Gasteiger partial charge in [0.25, 0.3) is 0 Å². The van der Waals surface area contributed by atoms with E-state index in [0.717, 1.165) is 12.0 Å². The third-order valence-electron chi connectivity index (χ3n) is 5.94. The number of carboxylic acid groups (broad SMARTS) is 1. The van der Waals surface area contributed by atoms with E-state index in [1.54, 1.807) is 12.1 Å². The number of hydrogen-bond acceptors (Lipinski definition) is 2. The Kier molecular flexibility index (Phi) is 7.23. The number of rotatable bonds is 8. The standard InChI is InChI=1S/C26H32O2S/c1-4-5-6-7-20(11-8-19-9-12-21(13-10-19)25(27)28)22-14-15-23-24(18-22)29-17-16-26(23,2)3/h8-15,18,20H,4-7,16-17H2,1-3H3,(H,27,28)/b11-8+. The highest BCUT2D eigenvalue weighted by atomic mass is 32.2. The first-order chi connectivity index (χ1) is 13.9. The molecule has 0 aliphatic carbocycles. The lowest BCUT2D eigenvalue weighted by Gasteiger charge is -2.32. The van der Waals surface area contributed by atoms with E-state index in [4.69, 9.17) is 5.11 Å². The maximum absolute atomic E-state index is 11.1. The summed E-state index contributed by atoms with van der Waals surface area (Å²) >= 11 is 1.99. The predicted octanol–water partition coefficient (Wildman–Crippen LogP) is 7.54. The zero-order valence-corrected chi connectivity index (χ0v) is 18.6. The molecule has 0 saturated carbocycles. The van der Waals surface area contributed by atoms with Crippen LogP contribution in [0.25, 0.3) is 6.08 Å². The molecule has 3 heteroatoms. The fourth-order valence-corrected chi connectivity index (χ4v) is 5.50. The highest BCUT2D eigenvalue weighted by Gasteiger charge is 2.28. The molecule has 2 aromatic rings. The van der Waals surface area contributed by atoms with Crippen LogP contribution in [-0.2, 0) is 5.41 Å². The second kappa shape index (κ2) is 9.67. The first kappa shape index (κ1) is 21.7. The van der Waals surface area contributed by atoms with Crippen LogP contribution in [0.4, 0.5) is 0 Å². The van der Waals surface area contributed by atoms with E-state index in [-0.39, 0.29) is 5.41 Å². The Labute approximate surface area is 179 Å². The van der Waals surface area contributed by atoms with Crippen molar-refractivity contribution in [3.63, 3.8) is 0 Å². The zero-order valence-electron chi connectivity index (χ0n) is 17.8. The van der Waals surface area contributed by atoms with E-state index in [2.05, 4.69) is 51.1 Å². The first-order valence-corrected chi connectivity index (χ1v) is 11.7. The summed E-state index contributed by atoms with van der Waals surface area (Å²) in [7, 11) is 0. The van der Waals surface area contributed by atoms with Crippen molar-refractivity contribution >= 4 is 23.8 Å². The molecule has 0 bridgehead atoms. The summed E-state index contributed by atoms with van der Waals surface area (Å²) in [4.78, 5) is 12.5. The minimum Gasteiger partial charge on any atom is -0.478 e. The van der Waals surface area contributed by atoms with Crippen LogP contribution in [0.15, 0.2) is 53.4 Å². The van der Waals surface area contributed by atoms with Crippen LogP contribution in [0.3, 0.4) is 0 Å². The van der Waals surface area contributed by atoms with Crippen LogP contribution in [0.1, 0.15) is 85.8 Å². The van der Waals surface area contributed by atoms with Crippen LogP contribution < -0.4 is 0 Å². The number of thioether (sulfide) groups is 1. The molecule has 0 spiro atoms. The molecule has 0 aromatic heterocycles. The molecule has 1 aliphatic heterocycles. The lowest BCUT2D eigenvalue weighted by Crippen LogP contribution is -2.22. The van der Waals surface area contributed by atoms with Gasteiger partial charge in [0.1, 0.15) is 0 Å². The summed E-state index contributed by atoms with van der Waals surface area (Å²) in [5.41, 5.74) is 4.51. The maximum atomic E-state index is 11.1. The molecule has 0 saturated heterocycles. The van der Waals surface area contributed by atoms with E-state index in [0.29, 0.717) is 11.5 Å². The number of fused-ring (bicyclic) bond motifs is 1. The van der Waals surface area contributed by atoms with Crippen LogP contribution >= 0.6 is 11.8 Å². The summed E-state index contributed by atoms with van der Waals surface area (Å²) in [6.45, 7) is 6.95. The Hall–Kier alpha value is -2.00. The third-order valence-corrected chi connectivity index (χ3v) is 7.00. The molecule has 1 aliphatic rings. The van der Waals surface area contributed by atoms with Gasteiger partial charge in [-0.25, -0.2) is 4.79 Å². The van der Waals surface area contributed by atoms with Crippen LogP contribution in [0.2, 0.25) is 0 Å². The van der Waals surface area contributed by atoms with E-state index in [1.165, 1.54) is 47.5 Å². The summed E-state index contributed by atoms with van der Waals surface area (Å²) in [5, 5.41) is 9.08. The largest absolute Gasteiger partial charge is 0.478 e. The van der Waals surface area contributed by atoms with Crippen molar-refractivity contribution in [1.82, 2.24) is 0 Å². The molecule has 0 fully saturated rings. The predicted molar refractivity (Wildman–Crippen MR) is 124 cm³/mol. The fourth-order valence-electron chi connectivity index (χ4n) is 3.95. The van der Waals surface area contributed by atoms with Gasteiger partial charge in [0.05, 0.1) is 5.56 Å². The Morgan fingerprint density at radius 2 is 1.93 bits per heavy atom. The van der Waals surface area contributed by atoms with Gasteiger partial charge in [-0.1, -0.05) is 76.5 Å². The Bertz CT molecular complexity index is 865. The molecule has 1 heterocycles. The van der Waals surface area contributed by atoms with Gasteiger partial charge >= 0.3 is 5.97 Å². The molecule has 0 amide bonds. The second-order valence-electron chi connectivity index (χ2n) is 8.63. The summed E-state index contributed by atoms with van der Waals surface area (Å²) in [6.07, 6.45) is 10.5. The van der Waals surface area contributed by atoms with Gasteiger partial charge < -0.3 is 5.11 Å². The van der Waals surface area contributed by atoms with Gasteiger partial charge in [-0.3, -0.25) is 0 Å². The molecule has 2 nitrogen and oxygen atoms in total. The molecule has 3 rings (SSSR count). The van der Waals surface area contributed by atoms with Crippen molar-refractivity contribution in [2.75, 3.05) is 5.75 Å². The summed E-state index contributed by atoms with van der Waals surface area (Å²) < 4.78 is 0. The van der Waals surface area contributed by atoms with Crippen molar-refractivity contribution in [2.45, 2.75) is 69.1 Å². The summed E-state index contributed by atoms with van der Waals surface area (Å²) in [6, 6.07) is 14.2. The van der Waals surface area contributed by atoms with Crippen LogP contribution in [0.5, 0.6) is 0 Å². The molecule has 154 valence electrons. The van der Waals surface area contributed by atoms with E-state index < -0.39 is 5.97 Å². The Balaban J connectivity index is 1.84. The average molecular weight is 409 g/mol. The van der Waals surface area contributed by atoms with Gasteiger partial charge in [0, 0.05) is 10.8 Å². The number of benzene rings is 2. The molecule has 1 N–H and O–H groups in total. The SMILES string of the molecule is CCCCCC(/C=C/c1ccc(C(=O)O)cc1)c1ccc2c(c1)SCCC2(C)C. The Morgan fingerprint density at radius 3 is 2.62 bits per heavy atom. The van der Waals surface area contributed by atoms with Gasteiger partial charge in [-0.05, 0) is 58.9 Å². The van der Waals surface area contributed by atoms with Crippen LogP contribution in [0, 0.1) is 0 Å². The van der Waals surface area contributed by atoms with Crippen LogP contribution in [-0.4, -0.2) is 16.8 Å². The van der Waals surface area contributed by atoms with E-state index >= 15 is 0 Å². The number of carboxylic acids is 1. The summed E-state index contributed by atoms with van der Waals surface area (Å²) in [5.74, 6) is 0.694. The minimum atomic E-state index is -0.882. The molecular formula is C26H32O2S. The van der Waals surface area contributed by atoms with Crippen molar-refractivity contribution in [2.24, 2.45) is 0 Å². The highest BCUT2D eigenvalue weighted by Crippen LogP contribution is 2.43. The molecule has 29 heavy (non-hydrogen) atoms. The molecule has 2 aromatic carbocycles. The zero-order chi connectivity index (χ0) is 20.9. The van der Waals surface area contributed by atoms with Crippen molar-refractivity contribution < 1.29 is 9.90 Å². The number of unbranched alkanes of at least 4 members (excludes halogenated alkanes) is 2. The van der Waals surface area contributed by atoms with E-state index in [9.17, 15) is 4.79 Å². The lowest BCUT2D eigenvalue weighted by molar-refractivity contribution is 0.0697. The number of allylic oxidation sites excluding steroid dienone is 1. The third kappa shape index (κ3) is 5.54. The Morgan fingerprint density at radius 1 is 1.17 bits per heavy atom. The van der Waals surface area contributed by atoms with E-state index in [1.807, 2.05) is 23.9 Å².